The van der Waals surface area contributed by atoms with E-state index in [1.165, 1.54) is 0 Å². The Hall–Kier alpha value is -0.345. The van der Waals surface area contributed by atoms with Gasteiger partial charge in [0.15, 0.2) is 0 Å². The average Bonchev–Trinajstić information content (AvgIpc) is 2.46. The first kappa shape index (κ1) is 16.7. The summed E-state index contributed by atoms with van der Waals surface area (Å²) >= 11 is 0. The number of aldehydes is 1. The Morgan fingerprint density at radius 1 is 1.00 bits per heavy atom. The Kier molecular flexibility index (Phi) is 7.02. The highest BCUT2D eigenvalue weighted by Gasteiger charge is 2.50. The van der Waals surface area contributed by atoms with Gasteiger partial charge in [0.25, 0.3) is 0 Å². The van der Waals surface area contributed by atoms with E-state index >= 15 is 0 Å². The van der Waals surface area contributed by atoms with Gasteiger partial charge in [-0.25, -0.2) is 0 Å². The van der Waals surface area contributed by atoms with Gasteiger partial charge in [0, 0.05) is 6.42 Å². The molecule has 0 amide bonds. The molecule has 0 aromatic heterocycles. The Labute approximate surface area is 106 Å². The Balaban J connectivity index is 0.00000121. The van der Waals surface area contributed by atoms with Crippen LogP contribution in [0.25, 0.3) is 0 Å². The second-order valence-electron chi connectivity index (χ2n) is 5.14. The van der Waals surface area contributed by atoms with Gasteiger partial charge in [-0.2, -0.15) is 0 Å². The van der Waals surface area contributed by atoms with Gasteiger partial charge in [0.05, 0.1) is 11.2 Å². The maximum atomic E-state index is 10.1. The summed E-state index contributed by atoms with van der Waals surface area (Å²) in [6, 6.07) is 0. The molecule has 0 bridgehead atoms. The van der Waals surface area contributed by atoms with Crippen LogP contribution >= 0.6 is 0 Å². The number of unbranched alkanes of at least 4 members (excludes halogenated alkanes) is 2. The molecule has 1 aliphatic rings. The van der Waals surface area contributed by atoms with Crippen LogP contribution in [0.3, 0.4) is 0 Å². The van der Waals surface area contributed by atoms with Crippen LogP contribution in [0.15, 0.2) is 0 Å². The van der Waals surface area contributed by atoms with Crippen LogP contribution in [-0.2, 0) is 14.1 Å². The van der Waals surface area contributed by atoms with Crippen molar-refractivity contribution in [1.29, 1.82) is 0 Å². The van der Waals surface area contributed by atoms with Crippen LogP contribution < -0.4 is 0 Å². The largest absolute Gasteiger partial charge is 0.457 e. The van der Waals surface area contributed by atoms with Gasteiger partial charge in [-0.05, 0) is 40.4 Å². The third kappa shape index (κ3) is 4.80. The Morgan fingerprint density at radius 2 is 1.47 bits per heavy atom. The normalized spacial score (nSPS) is 20.7. The molecule has 0 N–H and O–H groups in total. The van der Waals surface area contributed by atoms with E-state index in [2.05, 4.69) is 27.7 Å². The summed E-state index contributed by atoms with van der Waals surface area (Å²) in [6.45, 7) is 12.2. The number of carbonyl (C=O) groups is 1. The average molecular weight is 242 g/mol. The van der Waals surface area contributed by atoms with Crippen molar-refractivity contribution >= 4 is 13.4 Å². The van der Waals surface area contributed by atoms with Crippen molar-refractivity contribution in [2.24, 2.45) is 0 Å². The van der Waals surface area contributed by atoms with Crippen LogP contribution in [0.2, 0.25) is 6.32 Å². The van der Waals surface area contributed by atoms with Crippen LogP contribution in [0.4, 0.5) is 0 Å². The zero-order chi connectivity index (χ0) is 13.5. The maximum absolute atomic E-state index is 10.1. The lowest BCUT2D eigenvalue weighted by Gasteiger charge is -2.32. The molecule has 1 fully saturated rings. The third-order valence-electron chi connectivity index (χ3n) is 3.31. The monoisotopic (exact) mass is 242 g/mol. The topological polar surface area (TPSA) is 35.5 Å². The summed E-state index contributed by atoms with van der Waals surface area (Å²) in [5.74, 6) is 0. The summed E-state index contributed by atoms with van der Waals surface area (Å²) in [6.07, 6.45) is 4.38. The van der Waals surface area contributed by atoms with Crippen molar-refractivity contribution in [3.05, 3.63) is 0 Å². The minimum absolute atomic E-state index is 0.110. The van der Waals surface area contributed by atoms with Crippen molar-refractivity contribution in [1.82, 2.24) is 0 Å². The van der Waals surface area contributed by atoms with Gasteiger partial charge in [-0.15, -0.1) is 0 Å². The van der Waals surface area contributed by atoms with Crippen LogP contribution in [-0.4, -0.2) is 24.6 Å². The van der Waals surface area contributed by atoms with E-state index in [1.807, 2.05) is 13.8 Å². The zero-order valence-corrected chi connectivity index (χ0v) is 12.2. The van der Waals surface area contributed by atoms with Gasteiger partial charge in [0.2, 0.25) is 0 Å². The number of rotatable bonds is 5. The molecule has 0 atom stereocenters. The standard InChI is InChI=1S/C11H21BO3.C2H6/c1-10(2)11(3,4)15-12(14-10)8-6-5-7-9-13;1-2/h9H,5-8H2,1-4H3;1-2H3. The smallest absolute Gasteiger partial charge is 0.403 e. The quantitative estimate of drug-likeness (QED) is 0.420. The lowest BCUT2D eigenvalue weighted by Crippen LogP contribution is -2.41. The van der Waals surface area contributed by atoms with E-state index in [-0.39, 0.29) is 18.3 Å². The molecule has 0 unspecified atom stereocenters. The second kappa shape index (κ2) is 7.17. The fraction of sp³-hybridized carbons (Fsp3) is 0.923. The molecule has 0 aromatic rings. The molecule has 1 aliphatic heterocycles. The van der Waals surface area contributed by atoms with Crippen molar-refractivity contribution < 1.29 is 14.1 Å². The number of hydrogen-bond acceptors (Lipinski definition) is 3. The molecule has 100 valence electrons. The molecule has 0 spiro atoms. The van der Waals surface area contributed by atoms with Gasteiger partial charge in [0.1, 0.15) is 6.29 Å². The summed E-state index contributed by atoms with van der Waals surface area (Å²) in [7, 11) is -0.110. The predicted molar refractivity (Wildman–Crippen MR) is 72.2 cm³/mol. The van der Waals surface area contributed by atoms with Gasteiger partial charge < -0.3 is 14.1 Å². The predicted octanol–water partition coefficient (Wildman–Crippen LogP) is 3.47. The molecule has 17 heavy (non-hydrogen) atoms. The maximum Gasteiger partial charge on any atom is 0.457 e. The summed E-state index contributed by atoms with van der Waals surface area (Å²) in [5, 5.41) is 0. The fourth-order valence-corrected chi connectivity index (χ4v) is 1.62. The molecule has 0 saturated carbocycles. The van der Waals surface area contributed by atoms with Crippen LogP contribution in [0.1, 0.15) is 60.8 Å². The number of hydrogen-bond donors (Lipinski definition) is 0. The Morgan fingerprint density at radius 3 is 1.88 bits per heavy atom. The molecule has 0 aliphatic carbocycles. The van der Waals surface area contributed by atoms with Gasteiger partial charge in [-0.3, -0.25) is 0 Å². The first-order valence-corrected chi connectivity index (χ1v) is 6.68. The minimum Gasteiger partial charge on any atom is -0.403 e. The van der Waals surface area contributed by atoms with Crippen molar-refractivity contribution in [2.45, 2.75) is 78.3 Å². The third-order valence-corrected chi connectivity index (χ3v) is 3.31. The van der Waals surface area contributed by atoms with Crippen molar-refractivity contribution in [3.63, 3.8) is 0 Å². The molecule has 3 nitrogen and oxygen atoms in total. The highest BCUT2D eigenvalue weighted by Crippen LogP contribution is 2.38. The van der Waals surface area contributed by atoms with E-state index in [0.717, 1.165) is 25.4 Å². The molecule has 4 heteroatoms. The Bertz CT molecular complexity index is 211. The van der Waals surface area contributed by atoms with E-state index in [9.17, 15) is 4.79 Å². The first-order chi connectivity index (χ1) is 7.89. The van der Waals surface area contributed by atoms with E-state index in [0.29, 0.717) is 6.42 Å². The van der Waals surface area contributed by atoms with Crippen LogP contribution in [0, 0.1) is 0 Å². The summed E-state index contributed by atoms with van der Waals surface area (Å²) in [4.78, 5) is 10.1. The lowest BCUT2D eigenvalue weighted by atomic mass is 9.82. The first-order valence-electron chi connectivity index (χ1n) is 6.68. The molecular weight excluding hydrogens is 215 g/mol. The number of carbonyl (C=O) groups excluding carboxylic acids is 1. The molecular formula is C13H27BO3. The summed E-state index contributed by atoms with van der Waals surface area (Å²) in [5.41, 5.74) is -0.468. The molecule has 1 rings (SSSR count). The summed E-state index contributed by atoms with van der Waals surface area (Å²) < 4.78 is 11.7. The van der Waals surface area contributed by atoms with Gasteiger partial charge in [-0.1, -0.05) is 20.3 Å². The molecule has 0 aromatic carbocycles. The van der Waals surface area contributed by atoms with E-state index < -0.39 is 0 Å². The fourth-order valence-electron chi connectivity index (χ4n) is 1.62. The SMILES string of the molecule is CC.CC1(C)OB(CCCCC=O)OC1(C)C. The van der Waals surface area contributed by atoms with Gasteiger partial charge >= 0.3 is 7.12 Å². The molecule has 1 heterocycles. The van der Waals surface area contributed by atoms with Crippen molar-refractivity contribution in [3.8, 4) is 0 Å². The van der Waals surface area contributed by atoms with E-state index in [4.69, 9.17) is 9.31 Å². The minimum atomic E-state index is -0.234. The highest BCUT2D eigenvalue weighted by atomic mass is 16.7. The van der Waals surface area contributed by atoms with Crippen molar-refractivity contribution in [2.75, 3.05) is 0 Å². The highest BCUT2D eigenvalue weighted by molar-refractivity contribution is 6.45. The van der Waals surface area contributed by atoms with E-state index in [1.54, 1.807) is 0 Å². The zero-order valence-electron chi connectivity index (χ0n) is 12.2. The lowest BCUT2D eigenvalue weighted by molar-refractivity contribution is -0.107. The second-order valence-corrected chi connectivity index (χ2v) is 5.14. The van der Waals surface area contributed by atoms with Crippen LogP contribution in [0.5, 0.6) is 0 Å². The molecule has 0 radical (unpaired) electrons. The molecule has 1 saturated heterocycles.